The minimum Gasteiger partial charge on any atom is -0.389 e. The molecule has 164 valence electrons. The summed E-state index contributed by atoms with van der Waals surface area (Å²) in [6, 6.07) is 3.84. The van der Waals surface area contributed by atoms with Crippen molar-refractivity contribution in [3.8, 4) is 10.6 Å². The van der Waals surface area contributed by atoms with Crippen LogP contribution in [0.2, 0.25) is 0 Å². The topological polar surface area (TPSA) is 101 Å². The van der Waals surface area contributed by atoms with Crippen LogP contribution in [0.1, 0.15) is 23.3 Å². The molecule has 1 saturated heterocycles. The first kappa shape index (κ1) is 21.2. The lowest BCUT2D eigenvalue weighted by atomic mass is 10.1. The summed E-state index contributed by atoms with van der Waals surface area (Å²) >= 11 is 0.861. The Kier molecular flexibility index (Phi) is 5.88. The molecule has 2 aromatic heterocycles. The molecule has 11 heteroatoms. The molecule has 0 aliphatic carbocycles. The minimum absolute atomic E-state index is 0.0106. The molecule has 0 spiro atoms. The van der Waals surface area contributed by atoms with Gasteiger partial charge in [-0.2, -0.15) is 5.10 Å². The summed E-state index contributed by atoms with van der Waals surface area (Å²) in [5.41, 5.74) is 6.10. The first-order valence-electron chi connectivity index (χ1n) is 9.84. The second-order valence-electron chi connectivity index (χ2n) is 7.38. The standard InChI is InChI=1S/C20H23F2N7OS/c1-28(11-6-8-24-9-7-11)20-14(10-25-29(20)2)26-18(30)16-17(23)31-19(27-16)15-12(21)4-3-5-13(15)22/h3-5,10-11,24H,6-9,23H2,1-2H3,(H,26,30). The minimum atomic E-state index is -0.765. The van der Waals surface area contributed by atoms with E-state index in [0.29, 0.717) is 11.7 Å². The van der Waals surface area contributed by atoms with Gasteiger partial charge in [0.1, 0.15) is 27.3 Å². The summed E-state index contributed by atoms with van der Waals surface area (Å²) in [6.07, 6.45) is 3.52. The van der Waals surface area contributed by atoms with E-state index >= 15 is 0 Å². The lowest BCUT2D eigenvalue weighted by molar-refractivity contribution is 0.102. The summed E-state index contributed by atoms with van der Waals surface area (Å²) in [7, 11) is 3.78. The molecule has 1 amide bonds. The van der Waals surface area contributed by atoms with Crippen molar-refractivity contribution in [2.75, 3.05) is 36.1 Å². The fourth-order valence-electron chi connectivity index (χ4n) is 3.79. The molecular formula is C20H23F2N7OS. The number of hydrogen-bond donors (Lipinski definition) is 3. The fraction of sp³-hybridized carbons (Fsp3) is 0.350. The highest BCUT2D eigenvalue weighted by molar-refractivity contribution is 7.19. The van der Waals surface area contributed by atoms with Crippen molar-refractivity contribution in [3.05, 3.63) is 41.7 Å². The number of carbonyl (C=O) groups excluding carboxylic acids is 1. The van der Waals surface area contributed by atoms with Gasteiger partial charge in [-0.15, -0.1) is 0 Å². The number of piperidine rings is 1. The number of aryl methyl sites for hydroxylation is 1. The van der Waals surface area contributed by atoms with E-state index in [1.165, 1.54) is 6.07 Å². The summed E-state index contributed by atoms with van der Waals surface area (Å²) < 4.78 is 29.9. The summed E-state index contributed by atoms with van der Waals surface area (Å²) in [5.74, 6) is -1.34. The van der Waals surface area contributed by atoms with Crippen LogP contribution in [0.5, 0.6) is 0 Å². The van der Waals surface area contributed by atoms with E-state index in [1.807, 2.05) is 7.05 Å². The van der Waals surface area contributed by atoms with Crippen LogP contribution in [0, 0.1) is 11.6 Å². The largest absolute Gasteiger partial charge is 0.389 e. The molecule has 0 bridgehead atoms. The van der Waals surface area contributed by atoms with Crippen molar-refractivity contribution in [2.45, 2.75) is 18.9 Å². The van der Waals surface area contributed by atoms with Crippen molar-refractivity contribution in [1.82, 2.24) is 20.1 Å². The molecule has 0 saturated carbocycles. The third-order valence-electron chi connectivity index (χ3n) is 5.39. The van der Waals surface area contributed by atoms with Gasteiger partial charge in [-0.1, -0.05) is 17.4 Å². The first-order valence-corrected chi connectivity index (χ1v) is 10.7. The fourth-order valence-corrected chi connectivity index (χ4v) is 4.67. The highest BCUT2D eigenvalue weighted by atomic mass is 32.1. The molecule has 1 aromatic carbocycles. The van der Waals surface area contributed by atoms with E-state index in [4.69, 9.17) is 5.73 Å². The highest BCUT2D eigenvalue weighted by Crippen LogP contribution is 2.34. The predicted octanol–water partition coefficient (Wildman–Crippen LogP) is 2.84. The monoisotopic (exact) mass is 447 g/mol. The van der Waals surface area contributed by atoms with Crippen LogP contribution in [0.3, 0.4) is 0 Å². The second kappa shape index (κ2) is 8.60. The molecule has 1 aliphatic rings. The normalized spacial score (nSPS) is 14.6. The Hall–Kier alpha value is -3.05. The maximum Gasteiger partial charge on any atom is 0.277 e. The quantitative estimate of drug-likeness (QED) is 0.556. The maximum absolute atomic E-state index is 14.1. The summed E-state index contributed by atoms with van der Waals surface area (Å²) in [5, 5.41) is 10.5. The van der Waals surface area contributed by atoms with Gasteiger partial charge < -0.3 is 21.3 Å². The average molecular weight is 448 g/mol. The zero-order valence-corrected chi connectivity index (χ0v) is 18.0. The molecule has 0 atom stereocenters. The molecule has 0 radical (unpaired) electrons. The number of amides is 1. The third kappa shape index (κ3) is 4.10. The molecule has 8 nitrogen and oxygen atoms in total. The number of nitrogens with two attached hydrogens (primary N) is 1. The van der Waals surface area contributed by atoms with Crippen molar-refractivity contribution < 1.29 is 13.6 Å². The number of anilines is 3. The molecule has 1 aliphatic heterocycles. The van der Waals surface area contributed by atoms with Crippen LogP contribution < -0.4 is 21.3 Å². The van der Waals surface area contributed by atoms with Gasteiger partial charge in [0.2, 0.25) is 0 Å². The predicted molar refractivity (Wildman–Crippen MR) is 117 cm³/mol. The Morgan fingerprint density at radius 1 is 1.32 bits per heavy atom. The van der Waals surface area contributed by atoms with Gasteiger partial charge in [0.05, 0.1) is 11.8 Å². The van der Waals surface area contributed by atoms with Gasteiger partial charge in [0, 0.05) is 20.1 Å². The van der Waals surface area contributed by atoms with E-state index in [1.54, 1.807) is 17.9 Å². The van der Waals surface area contributed by atoms with Crippen molar-refractivity contribution in [3.63, 3.8) is 0 Å². The van der Waals surface area contributed by atoms with E-state index < -0.39 is 17.5 Å². The number of carbonyl (C=O) groups is 1. The van der Waals surface area contributed by atoms with Crippen molar-refractivity contribution in [2.24, 2.45) is 7.05 Å². The molecule has 3 heterocycles. The summed E-state index contributed by atoms with van der Waals surface area (Å²) in [4.78, 5) is 19.1. The SMILES string of the molecule is CN(c1c(NC(=O)c2nc(-c3c(F)cccc3F)sc2N)cnn1C)C1CCNCC1. The number of thiazole rings is 1. The Bertz CT molecular complexity index is 1090. The summed E-state index contributed by atoms with van der Waals surface area (Å²) in [6.45, 7) is 1.86. The average Bonchev–Trinajstić information content (AvgIpc) is 3.30. The molecule has 0 unspecified atom stereocenters. The van der Waals surface area contributed by atoms with E-state index in [9.17, 15) is 13.6 Å². The van der Waals surface area contributed by atoms with Crippen LogP contribution in [0.15, 0.2) is 24.4 Å². The number of nitrogen functional groups attached to an aromatic ring is 1. The van der Waals surface area contributed by atoms with Crippen LogP contribution in [-0.4, -0.2) is 46.9 Å². The number of nitrogens with one attached hydrogen (secondary N) is 2. The molecule has 4 N–H and O–H groups in total. The smallest absolute Gasteiger partial charge is 0.277 e. The van der Waals surface area contributed by atoms with Gasteiger partial charge in [0.15, 0.2) is 11.5 Å². The van der Waals surface area contributed by atoms with E-state index in [2.05, 4.69) is 25.6 Å². The highest BCUT2D eigenvalue weighted by Gasteiger charge is 2.26. The van der Waals surface area contributed by atoms with E-state index in [-0.39, 0.29) is 21.3 Å². The van der Waals surface area contributed by atoms with Gasteiger partial charge in [-0.3, -0.25) is 9.48 Å². The Balaban J connectivity index is 1.59. The van der Waals surface area contributed by atoms with Gasteiger partial charge in [0.25, 0.3) is 5.91 Å². The van der Waals surface area contributed by atoms with Gasteiger partial charge >= 0.3 is 0 Å². The van der Waals surface area contributed by atoms with Gasteiger partial charge in [-0.25, -0.2) is 13.8 Å². The van der Waals surface area contributed by atoms with Crippen molar-refractivity contribution in [1.29, 1.82) is 0 Å². The molecule has 31 heavy (non-hydrogen) atoms. The second-order valence-corrected chi connectivity index (χ2v) is 8.41. The van der Waals surface area contributed by atoms with Crippen molar-refractivity contribution >= 4 is 33.8 Å². The zero-order valence-electron chi connectivity index (χ0n) is 17.2. The van der Waals surface area contributed by atoms with Crippen LogP contribution in [-0.2, 0) is 7.05 Å². The molecule has 4 rings (SSSR count). The number of halogens is 2. The van der Waals surface area contributed by atoms with Crippen LogP contribution >= 0.6 is 11.3 Å². The third-order valence-corrected chi connectivity index (χ3v) is 6.29. The Morgan fingerprint density at radius 2 is 2.00 bits per heavy atom. The Morgan fingerprint density at radius 3 is 2.68 bits per heavy atom. The Labute approximate surface area is 182 Å². The van der Waals surface area contributed by atoms with Crippen LogP contribution in [0.4, 0.5) is 25.3 Å². The van der Waals surface area contributed by atoms with Crippen LogP contribution in [0.25, 0.3) is 10.6 Å². The maximum atomic E-state index is 14.1. The molecule has 3 aromatic rings. The number of nitrogens with zero attached hydrogens (tertiary/aromatic N) is 4. The lowest BCUT2D eigenvalue weighted by Gasteiger charge is -2.33. The van der Waals surface area contributed by atoms with Gasteiger partial charge in [-0.05, 0) is 38.1 Å². The van der Waals surface area contributed by atoms with E-state index in [0.717, 1.165) is 55.2 Å². The lowest BCUT2D eigenvalue weighted by Crippen LogP contribution is -2.42. The number of rotatable bonds is 5. The molecular weight excluding hydrogens is 424 g/mol. The zero-order chi connectivity index (χ0) is 22.1. The first-order chi connectivity index (χ1) is 14.9. The number of hydrogen-bond acceptors (Lipinski definition) is 7. The number of aromatic nitrogens is 3. The number of benzene rings is 1. The molecule has 1 fully saturated rings.